The number of benzene rings is 3. The van der Waals surface area contributed by atoms with E-state index in [1.807, 2.05) is 66.7 Å². The molecule has 114 valence electrons. The van der Waals surface area contributed by atoms with Crippen LogP contribution in [0, 0.1) is 0 Å². The maximum atomic E-state index is 12.8. The van der Waals surface area contributed by atoms with Gasteiger partial charge in [-0.3, -0.25) is 4.79 Å². The third-order valence-corrected chi connectivity index (χ3v) is 4.79. The SMILES string of the molecule is O=C(NC1(c2ccc(Cl)cc2)CC1)c1cccc2ccccc12. The van der Waals surface area contributed by atoms with E-state index in [4.69, 9.17) is 11.6 Å². The summed E-state index contributed by atoms with van der Waals surface area (Å²) in [5, 5.41) is 6.01. The van der Waals surface area contributed by atoms with E-state index in [-0.39, 0.29) is 11.4 Å². The zero-order valence-electron chi connectivity index (χ0n) is 12.6. The maximum absolute atomic E-state index is 12.8. The summed E-state index contributed by atoms with van der Waals surface area (Å²) in [6.45, 7) is 0. The van der Waals surface area contributed by atoms with Crippen molar-refractivity contribution in [1.82, 2.24) is 5.32 Å². The minimum Gasteiger partial charge on any atom is -0.343 e. The molecule has 1 amide bonds. The number of hydrogen-bond donors (Lipinski definition) is 1. The molecule has 3 aromatic carbocycles. The van der Waals surface area contributed by atoms with E-state index in [2.05, 4.69) is 5.32 Å². The second kappa shape index (κ2) is 5.39. The Morgan fingerprint density at radius 2 is 1.61 bits per heavy atom. The number of nitrogens with one attached hydrogen (secondary N) is 1. The first-order chi connectivity index (χ1) is 11.2. The molecule has 0 radical (unpaired) electrons. The van der Waals surface area contributed by atoms with Gasteiger partial charge in [-0.1, -0.05) is 60.1 Å². The van der Waals surface area contributed by atoms with Crippen molar-refractivity contribution in [1.29, 1.82) is 0 Å². The fourth-order valence-corrected chi connectivity index (χ4v) is 3.21. The molecule has 1 saturated carbocycles. The highest BCUT2D eigenvalue weighted by Crippen LogP contribution is 2.46. The van der Waals surface area contributed by atoms with Crippen LogP contribution in [0.1, 0.15) is 28.8 Å². The maximum Gasteiger partial charge on any atom is 0.252 e. The van der Waals surface area contributed by atoms with E-state index in [0.717, 1.165) is 34.7 Å². The zero-order chi connectivity index (χ0) is 15.9. The van der Waals surface area contributed by atoms with Crippen LogP contribution in [0.5, 0.6) is 0 Å². The Bertz CT molecular complexity index is 876. The average molecular weight is 322 g/mol. The van der Waals surface area contributed by atoms with Crippen molar-refractivity contribution in [2.24, 2.45) is 0 Å². The third-order valence-electron chi connectivity index (χ3n) is 4.53. The molecule has 1 aliphatic carbocycles. The molecule has 1 fully saturated rings. The summed E-state index contributed by atoms with van der Waals surface area (Å²) in [5.41, 5.74) is 1.61. The summed E-state index contributed by atoms with van der Waals surface area (Å²) in [5.74, 6) is -0.0192. The van der Waals surface area contributed by atoms with Crippen molar-refractivity contribution in [3.63, 3.8) is 0 Å². The molecule has 0 bridgehead atoms. The largest absolute Gasteiger partial charge is 0.343 e. The number of halogens is 1. The van der Waals surface area contributed by atoms with Crippen LogP contribution in [0.15, 0.2) is 66.7 Å². The lowest BCUT2D eigenvalue weighted by molar-refractivity contribution is 0.0932. The number of carbonyl (C=O) groups is 1. The van der Waals surface area contributed by atoms with Crippen LogP contribution in [0.4, 0.5) is 0 Å². The van der Waals surface area contributed by atoms with Crippen LogP contribution >= 0.6 is 11.6 Å². The van der Waals surface area contributed by atoms with Crippen LogP contribution in [0.25, 0.3) is 10.8 Å². The molecule has 1 aliphatic rings. The molecule has 2 nitrogen and oxygen atoms in total. The standard InChI is InChI=1S/C20H16ClNO/c21-16-10-8-15(9-11-16)20(12-13-20)22-19(23)18-7-3-5-14-4-1-2-6-17(14)18/h1-11H,12-13H2,(H,22,23). The molecule has 23 heavy (non-hydrogen) atoms. The van der Waals surface area contributed by atoms with Gasteiger partial charge in [-0.05, 0) is 47.4 Å². The summed E-state index contributed by atoms with van der Waals surface area (Å²) < 4.78 is 0. The Kier molecular flexibility index (Phi) is 3.35. The molecular formula is C20H16ClNO. The van der Waals surface area contributed by atoms with Crippen LogP contribution in [-0.2, 0) is 5.54 Å². The van der Waals surface area contributed by atoms with Gasteiger partial charge in [0.1, 0.15) is 0 Å². The van der Waals surface area contributed by atoms with E-state index in [0.29, 0.717) is 5.02 Å². The van der Waals surface area contributed by atoms with Gasteiger partial charge in [0, 0.05) is 10.6 Å². The average Bonchev–Trinajstić information content (AvgIpc) is 3.35. The summed E-state index contributed by atoms with van der Waals surface area (Å²) in [6, 6.07) is 21.6. The quantitative estimate of drug-likeness (QED) is 0.729. The van der Waals surface area contributed by atoms with Crippen LogP contribution in [0.3, 0.4) is 0 Å². The Morgan fingerprint density at radius 1 is 0.913 bits per heavy atom. The van der Waals surface area contributed by atoms with Crippen LogP contribution in [0.2, 0.25) is 5.02 Å². The van der Waals surface area contributed by atoms with Crippen LogP contribution < -0.4 is 5.32 Å². The molecule has 3 heteroatoms. The lowest BCUT2D eigenvalue weighted by Crippen LogP contribution is -2.34. The molecule has 3 aromatic rings. The van der Waals surface area contributed by atoms with Gasteiger partial charge in [0.2, 0.25) is 0 Å². The van der Waals surface area contributed by atoms with Gasteiger partial charge < -0.3 is 5.32 Å². The van der Waals surface area contributed by atoms with E-state index >= 15 is 0 Å². The lowest BCUT2D eigenvalue weighted by Gasteiger charge is -2.19. The van der Waals surface area contributed by atoms with Crippen LogP contribution in [-0.4, -0.2) is 5.91 Å². The highest BCUT2D eigenvalue weighted by Gasteiger charge is 2.45. The molecular weight excluding hydrogens is 306 g/mol. The van der Waals surface area contributed by atoms with Crippen molar-refractivity contribution in [3.8, 4) is 0 Å². The number of fused-ring (bicyclic) bond motifs is 1. The fraction of sp³-hybridized carbons (Fsp3) is 0.150. The highest BCUT2D eigenvalue weighted by atomic mass is 35.5. The van der Waals surface area contributed by atoms with Crippen molar-refractivity contribution < 1.29 is 4.79 Å². The van der Waals surface area contributed by atoms with Crippen molar-refractivity contribution in [2.75, 3.05) is 0 Å². The number of hydrogen-bond acceptors (Lipinski definition) is 1. The summed E-state index contributed by atoms with van der Waals surface area (Å²) >= 11 is 5.96. The van der Waals surface area contributed by atoms with Gasteiger partial charge in [0.15, 0.2) is 0 Å². The van der Waals surface area contributed by atoms with E-state index in [1.54, 1.807) is 0 Å². The summed E-state index contributed by atoms with van der Waals surface area (Å²) in [4.78, 5) is 12.8. The molecule has 0 aromatic heterocycles. The Balaban J connectivity index is 1.66. The molecule has 0 atom stereocenters. The van der Waals surface area contributed by atoms with Gasteiger partial charge in [-0.2, -0.15) is 0 Å². The minimum atomic E-state index is -0.237. The first-order valence-electron chi connectivity index (χ1n) is 7.74. The van der Waals surface area contributed by atoms with Gasteiger partial charge in [0.25, 0.3) is 5.91 Å². The second-order valence-electron chi connectivity index (χ2n) is 6.07. The second-order valence-corrected chi connectivity index (χ2v) is 6.51. The monoisotopic (exact) mass is 321 g/mol. The topological polar surface area (TPSA) is 29.1 Å². The molecule has 0 unspecified atom stereocenters. The Hall–Kier alpha value is -2.32. The number of amides is 1. The summed E-state index contributed by atoms with van der Waals surface area (Å²) in [7, 11) is 0. The predicted octanol–water partition coefficient (Wildman–Crippen LogP) is 4.91. The Labute approximate surface area is 140 Å². The molecule has 0 spiro atoms. The van der Waals surface area contributed by atoms with Crippen molar-refractivity contribution in [3.05, 3.63) is 82.9 Å². The summed E-state index contributed by atoms with van der Waals surface area (Å²) in [6.07, 6.45) is 1.93. The smallest absolute Gasteiger partial charge is 0.252 e. The predicted molar refractivity (Wildman–Crippen MR) is 93.8 cm³/mol. The molecule has 0 aliphatic heterocycles. The number of carbonyl (C=O) groups excluding carboxylic acids is 1. The van der Waals surface area contributed by atoms with Crippen molar-refractivity contribution in [2.45, 2.75) is 18.4 Å². The van der Waals surface area contributed by atoms with E-state index in [1.165, 1.54) is 0 Å². The zero-order valence-corrected chi connectivity index (χ0v) is 13.3. The molecule has 0 heterocycles. The van der Waals surface area contributed by atoms with Gasteiger partial charge in [0.05, 0.1) is 5.54 Å². The van der Waals surface area contributed by atoms with Gasteiger partial charge in [-0.25, -0.2) is 0 Å². The fourth-order valence-electron chi connectivity index (χ4n) is 3.09. The van der Waals surface area contributed by atoms with Gasteiger partial charge >= 0.3 is 0 Å². The Morgan fingerprint density at radius 3 is 2.35 bits per heavy atom. The normalized spacial score (nSPS) is 15.3. The molecule has 1 N–H and O–H groups in total. The van der Waals surface area contributed by atoms with E-state index < -0.39 is 0 Å². The third kappa shape index (κ3) is 2.60. The molecule has 4 rings (SSSR count). The van der Waals surface area contributed by atoms with E-state index in [9.17, 15) is 4.79 Å². The molecule has 0 saturated heterocycles. The number of rotatable bonds is 3. The van der Waals surface area contributed by atoms with Gasteiger partial charge in [-0.15, -0.1) is 0 Å². The first kappa shape index (κ1) is 14.3. The first-order valence-corrected chi connectivity index (χ1v) is 8.12. The minimum absolute atomic E-state index is 0.0192. The van der Waals surface area contributed by atoms with Crippen molar-refractivity contribution >= 4 is 28.3 Å². The highest BCUT2D eigenvalue weighted by molar-refractivity contribution is 6.30. The lowest BCUT2D eigenvalue weighted by atomic mass is 10.0.